The molecule has 0 amide bonds. The summed E-state index contributed by atoms with van der Waals surface area (Å²) in [6, 6.07) is 10.1. The van der Waals surface area contributed by atoms with Crippen molar-refractivity contribution >= 4 is 12.6 Å². The molecule has 0 fully saturated rings. The molecule has 0 saturated heterocycles. The normalized spacial score (nSPS) is 10.7. The first kappa shape index (κ1) is 15.7. The van der Waals surface area contributed by atoms with Crippen LogP contribution < -0.4 is 5.46 Å². The molecule has 0 bridgehead atoms. The molecular weight excluding hydrogens is 273 g/mol. The van der Waals surface area contributed by atoms with Crippen molar-refractivity contribution in [3.8, 4) is 11.1 Å². The topological polar surface area (TPSA) is 40.5 Å². The number of hydrogen-bond donors (Lipinski definition) is 2. The van der Waals surface area contributed by atoms with Gasteiger partial charge in [-0.15, -0.1) is 0 Å². The fourth-order valence-corrected chi connectivity index (χ4v) is 2.37. The van der Waals surface area contributed by atoms with Crippen LogP contribution in [-0.4, -0.2) is 17.2 Å². The van der Waals surface area contributed by atoms with Crippen molar-refractivity contribution in [2.24, 2.45) is 0 Å². The molecule has 0 spiro atoms. The lowest BCUT2D eigenvalue weighted by Gasteiger charge is -2.14. The lowest BCUT2D eigenvalue weighted by atomic mass is 9.77. The Balaban J connectivity index is 2.64. The van der Waals surface area contributed by atoms with Crippen LogP contribution in [0.15, 0.2) is 36.4 Å². The van der Waals surface area contributed by atoms with Crippen LogP contribution in [0.3, 0.4) is 0 Å². The zero-order chi connectivity index (χ0) is 15.4. The van der Waals surface area contributed by atoms with E-state index in [-0.39, 0.29) is 5.56 Å². The van der Waals surface area contributed by atoms with E-state index in [1.807, 2.05) is 6.92 Å². The van der Waals surface area contributed by atoms with Crippen molar-refractivity contribution in [3.05, 3.63) is 53.6 Å². The van der Waals surface area contributed by atoms with Gasteiger partial charge in [0.25, 0.3) is 0 Å². The monoisotopic (exact) mass is 290 g/mol. The molecule has 0 aliphatic heterocycles. The summed E-state index contributed by atoms with van der Waals surface area (Å²) in [7, 11) is -2.02. The summed E-state index contributed by atoms with van der Waals surface area (Å²) < 4.78 is 28.4. The maximum absolute atomic E-state index is 14.4. The quantitative estimate of drug-likeness (QED) is 0.831. The summed E-state index contributed by atoms with van der Waals surface area (Å²) in [5, 5.41) is 18.4. The largest absolute Gasteiger partial charge is 0.491 e. The highest BCUT2D eigenvalue weighted by molar-refractivity contribution is 6.58. The van der Waals surface area contributed by atoms with Gasteiger partial charge in [-0.25, -0.2) is 8.78 Å². The van der Waals surface area contributed by atoms with E-state index in [1.165, 1.54) is 6.07 Å². The van der Waals surface area contributed by atoms with Crippen molar-refractivity contribution in [2.45, 2.75) is 26.2 Å². The van der Waals surface area contributed by atoms with Gasteiger partial charge in [0.2, 0.25) is 0 Å². The minimum atomic E-state index is -2.02. The molecule has 0 aliphatic carbocycles. The molecule has 110 valence electrons. The Morgan fingerprint density at radius 1 is 1.05 bits per heavy atom. The smallest absolute Gasteiger partial charge is 0.423 e. The molecular formula is C16H17BF2O2. The first-order chi connectivity index (χ1) is 10.1. The molecule has 2 aromatic rings. The van der Waals surface area contributed by atoms with Gasteiger partial charge in [-0.1, -0.05) is 49.7 Å². The van der Waals surface area contributed by atoms with Gasteiger partial charge in [0.1, 0.15) is 0 Å². The number of benzene rings is 2. The number of aryl methyl sites for hydroxylation is 1. The number of unbranched alkanes of at least 4 members (excludes halogenated alkanes) is 1. The van der Waals surface area contributed by atoms with E-state index in [2.05, 4.69) is 0 Å². The van der Waals surface area contributed by atoms with Crippen molar-refractivity contribution in [1.29, 1.82) is 0 Å². The Kier molecular flexibility index (Phi) is 5.10. The molecule has 0 heterocycles. The number of halogens is 2. The summed E-state index contributed by atoms with van der Waals surface area (Å²) in [6.45, 7) is 2.00. The molecule has 5 heteroatoms. The molecule has 2 nitrogen and oxygen atoms in total. The third-order valence-electron chi connectivity index (χ3n) is 3.46. The van der Waals surface area contributed by atoms with E-state index in [4.69, 9.17) is 0 Å². The number of rotatable bonds is 5. The van der Waals surface area contributed by atoms with E-state index in [1.54, 1.807) is 30.3 Å². The summed E-state index contributed by atoms with van der Waals surface area (Å²) >= 11 is 0. The lowest BCUT2D eigenvalue weighted by molar-refractivity contribution is 0.420. The van der Waals surface area contributed by atoms with Crippen molar-refractivity contribution < 1.29 is 18.8 Å². The Bertz CT molecular complexity index is 615. The van der Waals surface area contributed by atoms with Gasteiger partial charge < -0.3 is 10.0 Å². The highest BCUT2D eigenvalue weighted by Crippen LogP contribution is 2.29. The van der Waals surface area contributed by atoms with Gasteiger partial charge in [-0.3, -0.25) is 0 Å². The van der Waals surface area contributed by atoms with Gasteiger partial charge in [-0.05, 0) is 24.0 Å². The first-order valence-corrected chi connectivity index (χ1v) is 6.98. The fourth-order valence-electron chi connectivity index (χ4n) is 2.37. The molecule has 21 heavy (non-hydrogen) atoms. The molecule has 0 radical (unpaired) electrons. The number of hydrogen-bond acceptors (Lipinski definition) is 2. The van der Waals surface area contributed by atoms with Crippen LogP contribution in [-0.2, 0) is 6.42 Å². The standard InChI is InChI=1S/C16H17BF2O2/c1-2-3-7-12-10-13(17(20)21)15(18)16(19)14(12)11-8-5-4-6-9-11/h4-6,8-10,20-21H,2-3,7H2,1H3. The van der Waals surface area contributed by atoms with E-state index >= 15 is 0 Å². The second-order valence-corrected chi connectivity index (χ2v) is 4.97. The zero-order valence-corrected chi connectivity index (χ0v) is 11.8. The van der Waals surface area contributed by atoms with Gasteiger partial charge in [0.05, 0.1) is 0 Å². The van der Waals surface area contributed by atoms with E-state index in [0.29, 0.717) is 17.5 Å². The Labute approximate surface area is 123 Å². The first-order valence-electron chi connectivity index (χ1n) is 6.98. The maximum atomic E-state index is 14.4. The van der Waals surface area contributed by atoms with Crippen molar-refractivity contribution in [3.63, 3.8) is 0 Å². The molecule has 0 saturated carbocycles. The summed E-state index contributed by atoms with van der Waals surface area (Å²) in [6.07, 6.45) is 2.27. The summed E-state index contributed by atoms with van der Waals surface area (Å²) in [5.41, 5.74) is 0.952. The highest BCUT2D eigenvalue weighted by atomic mass is 19.2. The fraction of sp³-hybridized carbons (Fsp3) is 0.250. The van der Waals surface area contributed by atoms with Crippen LogP contribution in [0.25, 0.3) is 11.1 Å². The Morgan fingerprint density at radius 2 is 1.71 bits per heavy atom. The molecule has 0 aliphatic rings. The minimum Gasteiger partial charge on any atom is -0.423 e. The van der Waals surface area contributed by atoms with Gasteiger partial charge in [0.15, 0.2) is 11.6 Å². The van der Waals surface area contributed by atoms with E-state index < -0.39 is 24.2 Å². The molecule has 2 rings (SSSR count). The van der Waals surface area contributed by atoms with Crippen LogP contribution in [0.5, 0.6) is 0 Å². The van der Waals surface area contributed by atoms with Crippen molar-refractivity contribution in [1.82, 2.24) is 0 Å². The summed E-state index contributed by atoms with van der Waals surface area (Å²) in [4.78, 5) is 0. The minimum absolute atomic E-state index is 0.200. The molecule has 2 aromatic carbocycles. The zero-order valence-electron chi connectivity index (χ0n) is 11.8. The maximum Gasteiger partial charge on any atom is 0.491 e. The highest BCUT2D eigenvalue weighted by Gasteiger charge is 2.25. The van der Waals surface area contributed by atoms with Gasteiger partial charge in [0, 0.05) is 11.0 Å². The average molecular weight is 290 g/mol. The van der Waals surface area contributed by atoms with Crippen LogP contribution in [0.2, 0.25) is 0 Å². The second-order valence-electron chi connectivity index (χ2n) is 4.97. The predicted molar refractivity (Wildman–Crippen MR) is 80.2 cm³/mol. The van der Waals surface area contributed by atoms with Crippen molar-refractivity contribution in [2.75, 3.05) is 0 Å². The third kappa shape index (κ3) is 3.31. The average Bonchev–Trinajstić information content (AvgIpc) is 2.48. The second kappa shape index (κ2) is 6.83. The molecule has 0 atom stereocenters. The third-order valence-corrected chi connectivity index (χ3v) is 3.46. The van der Waals surface area contributed by atoms with Crippen LogP contribution >= 0.6 is 0 Å². The summed E-state index contributed by atoms with van der Waals surface area (Å²) in [5.74, 6) is -2.23. The Hall–Kier alpha value is -1.72. The van der Waals surface area contributed by atoms with E-state index in [9.17, 15) is 18.8 Å². The van der Waals surface area contributed by atoms with Gasteiger partial charge in [-0.2, -0.15) is 0 Å². The molecule has 2 N–H and O–H groups in total. The molecule has 0 aromatic heterocycles. The van der Waals surface area contributed by atoms with Gasteiger partial charge >= 0.3 is 7.12 Å². The van der Waals surface area contributed by atoms with Crippen LogP contribution in [0, 0.1) is 11.6 Å². The van der Waals surface area contributed by atoms with Crippen LogP contribution in [0.4, 0.5) is 8.78 Å². The SMILES string of the molecule is CCCCc1cc(B(O)O)c(F)c(F)c1-c1ccccc1. The molecule has 0 unspecified atom stereocenters. The van der Waals surface area contributed by atoms with Crippen LogP contribution in [0.1, 0.15) is 25.3 Å². The Morgan fingerprint density at radius 3 is 2.29 bits per heavy atom. The lowest BCUT2D eigenvalue weighted by Crippen LogP contribution is -2.34. The van der Waals surface area contributed by atoms with E-state index in [0.717, 1.165) is 12.8 Å². The predicted octanol–water partition coefficient (Wildman–Crippen LogP) is 2.65.